The number of anilines is 4. The number of ether oxygens (including phenoxy) is 1. The highest BCUT2D eigenvalue weighted by Gasteiger charge is 2.08. The molecule has 0 atom stereocenters. The molecule has 6 nitrogen and oxygen atoms in total. The van der Waals surface area contributed by atoms with E-state index < -0.39 is 0 Å². The molecular formula is C23H26N4O2. The van der Waals surface area contributed by atoms with E-state index in [1.54, 1.807) is 49.7 Å². The summed E-state index contributed by atoms with van der Waals surface area (Å²) in [6.45, 7) is 6.22. The molecule has 1 aromatic heterocycles. The van der Waals surface area contributed by atoms with Crippen molar-refractivity contribution >= 4 is 28.8 Å². The number of nitrogens with one attached hydrogen (secondary N) is 2. The molecule has 1 heterocycles. The van der Waals surface area contributed by atoms with Gasteiger partial charge in [-0.25, -0.2) is 4.98 Å². The maximum atomic E-state index is 12.6. The molecule has 2 aromatic carbocycles. The third-order valence-electron chi connectivity index (χ3n) is 4.64. The Morgan fingerprint density at radius 2 is 1.62 bits per heavy atom. The maximum Gasteiger partial charge on any atom is 0.255 e. The summed E-state index contributed by atoms with van der Waals surface area (Å²) in [5.41, 5.74) is 3.33. The zero-order chi connectivity index (χ0) is 20.6. The average Bonchev–Trinajstić information content (AvgIpc) is 2.76. The number of carbonyl (C=O) groups excluding carboxylic acids is 1. The fraction of sp³-hybridized carbons (Fsp3) is 0.217. The van der Waals surface area contributed by atoms with Crippen molar-refractivity contribution in [1.82, 2.24) is 4.98 Å². The highest BCUT2D eigenvalue weighted by molar-refractivity contribution is 6.04. The first kappa shape index (κ1) is 20.2. The lowest BCUT2D eigenvalue weighted by atomic mass is 10.2. The van der Waals surface area contributed by atoms with E-state index in [4.69, 9.17) is 4.74 Å². The van der Waals surface area contributed by atoms with Crippen LogP contribution < -0.4 is 20.3 Å². The molecule has 150 valence electrons. The molecule has 0 unspecified atom stereocenters. The normalized spacial score (nSPS) is 10.3. The maximum absolute atomic E-state index is 12.6. The first-order valence-corrected chi connectivity index (χ1v) is 9.66. The number of hydrogen-bond donors (Lipinski definition) is 2. The Morgan fingerprint density at radius 1 is 0.966 bits per heavy atom. The summed E-state index contributed by atoms with van der Waals surface area (Å²) < 4.78 is 5.13. The summed E-state index contributed by atoms with van der Waals surface area (Å²) >= 11 is 0. The van der Waals surface area contributed by atoms with Crippen LogP contribution in [0.4, 0.5) is 22.9 Å². The molecule has 1 amide bonds. The average molecular weight is 390 g/mol. The minimum atomic E-state index is -0.197. The Hall–Kier alpha value is -3.54. The molecule has 0 aliphatic heterocycles. The predicted octanol–water partition coefficient (Wildman–Crippen LogP) is 4.93. The lowest BCUT2D eigenvalue weighted by Gasteiger charge is -2.21. The van der Waals surface area contributed by atoms with E-state index in [1.165, 1.54) is 5.69 Å². The van der Waals surface area contributed by atoms with Gasteiger partial charge in [0, 0.05) is 41.9 Å². The van der Waals surface area contributed by atoms with Crippen molar-refractivity contribution in [2.24, 2.45) is 0 Å². The smallest absolute Gasteiger partial charge is 0.255 e. The summed E-state index contributed by atoms with van der Waals surface area (Å²) in [7, 11) is 1.61. The van der Waals surface area contributed by atoms with Crippen LogP contribution in [0.3, 0.4) is 0 Å². The van der Waals surface area contributed by atoms with Crippen LogP contribution in [0.15, 0.2) is 66.9 Å². The number of pyridine rings is 1. The van der Waals surface area contributed by atoms with E-state index in [0.29, 0.717) is 17.1 Å². The number of hydrogen-bond acceptors (Lipinski definition) is 5. The molecular weight excluding hydrogens is 364 g/mol. The van der Waals surface area contributed by atoms with Crippen LogP contribution in [0.1, 0.15) is 24.2 Å². The second-order valence-electron chi connectivity index (χ2n) is 6.46. The third-order valence-corrected chi connectivity index (χ3v) is 4.64. The quantitative estimate of drug-likeness (QED) is 0.571. The number of carbonyl (C=O) groups is 1. The van der Waals surface area contributed by atoms with E-state index in [0.717, 1.165) is 24.5 Å². The summed E-state index contributed by atoms with van der Waals surface area (Å²) in [6.07, 6.45) is 1.62. The Labute approximate surface area is 171 Å². The van der Waals surface area contributed by atoms with Gasteiger partial charge in [0.15, 0.2) is 0 Å². The molecule has 0 saturated heterocycles. The summed E-state index contributed by atoms with van der Waals surface area (Å²) in [4.78, 5) is 19.2. The highest BCUT2D eigenvalue weighted by Crippen LogP contribution is 2.21. The topological polar surface area (TPSA) is 66.5 Å². The van der Waals surface area contributed by atoms with Crippen LogP contribution in [0.25, 0.3) is 0 Å². The molecule has 0 spiro atoms. The Bertz CT molecular complexity index is 936. The second kappa shape index (κ2) is 9.59. The summed E-state index contributed by atoms with van der Waals surface area (Å²) in [5.74, 6) is 1.16. The SMILES string of the molecule is CCN(CC)c1ccc(Nc2cc(C(=O)Nc3ccc(OC)cc3)ccn2)cc1. The monoisotopic (exact) mass is 390 g/mol. The minimum absolute atomic E-state index is 0.197. The van der Waals surface area contributed by atoms with Crippen molar-refractivity contribution in [3.8, 4) is 5.75 Å². The molecule has 3 aromatic rings. The Balaban J connectivity index is 1.67. The third kappa shape index (κ3) is 5.25. The van der Waals surface area contributed by atoms with Gasteiger partial charge in [-0.15, -0.1) is 0 Å². The molecule has 0 aliphatic carbocycles. The first-order valence-electron chi connectivity index (χ1n) is 9.66. The van der Waals surface area contributed by atoms with Crippen LogP contribution in [0.5, 0.6) is 5.75 Å². The summed E-state index contributed by atoms with van der Waals surface area (Å²) in [6, 6.07) is 18.8. The lowest BCUT2D eigenvalue weighted by molar-refractivity contribution is 0.102. The number of nitrogens with zero attached hydrogens (tertiary/aromatic N) is 2. The van der Waals surface area contributed by atoms with Crippen LogP contribution in [0, 0.1) is 0 Å². The summed E-state index contributed by atoms with van der Waals surface area (Å²) in [5, 5.41) is 6.13. The lowest BCUT2D eigenvalue weighted by Crippen LogP contribution is -2.21. The van der Waals surface area contributed by atoms with E-state index in [2.05, 4.69) is 46.5 Å². The second-order valence-corrected chi connectivity index (χ2v) is 6.46. The van der Waals surface area contributed by atoms with Gasteiger partial charge in [0.05, 0.1) is 7.11 Å². The molecule has 2 N–H and O–H groups in total. The fourth-order valence-electron chi connectivity index (χ4n) is 3.01. The van der Waals surface area contributed by atoms with Gasteiger partial charge >= 0.3 is 0 Å². The van der Waals surface area contributed by atoms with Gasteiger partial charge in [0.25, 0.3) is 5.91 Å². The zero-order valence-electron chi connectivity index (χ0n) is 17.0. The fourth-order valence-corrected chi connectivity index (χ4v) is 3.01. The standard InChI is InChI=1S/C23H26N4O2/c1-4-27(5-2)20-10-6-18(7-11-20)25-22-16-17(14-15-24-22)23(28)26-19-8-12-21(29-3)13-9-19/h6-16H,4-5H2,1-3H3,(H,24,25)(H,26,28). The van der Waals surface area contributed by atoms with Gasteiger partial charge < -0.3 is 20.3 Å². The molecule has 3 rings (SSSR count). The number of amides is 1. The van der Waals surface area contributed by atoms with Crippen molar-refractivity contribution in [3.63, 3.8) is 0 Å². The van der Waals surface area contributed by atoms with E-state index in [1.807, 2.05) is 12.1 Å². The Morgan fingerprint density at radius 3 is 2.24 bits per heavy atom. The van der Waals surface area contributed by atoms with E-state index in [-0.39, 0.29) is 5.91 Å². The van der Waals surface area contributed by atoms with Gasteiger partial charge in [-0.2, -0.15) is 0 Å². The van der Waals surface area contributed by atoms with Crippen molar-refractivity contribution in [3.05, 3.63) is 72.4 Å². The van der Waals surface area contributed by atoms with Gasteiger partial charge in [-0.1, -0.05) is 0 Å². The number of rotatable bonds is 8. The largest absolute Gasteiger partial charge is 0.497 e. The number of aromatic nitrogens is 1. The highest BCUT2D eigenvalue weighted by atomic mass is 16.5. The zero-order valence-corrected chi connectivity index (χ0v) is 17.0. The number of methoxy groups -OCH3 is 1. The molecule has 0 fully saturated rings. The molecule has 6 heteroatoms. The molecule has 0 bridgehead atoms. The van der Waals surface area contributed by atoms with E-state index >= 15 is 0 Å². The van der Waals surface area contributed by atoms with Crippen LogP contribution in [0.2, 0.25) is 0 Å². The van der Waals surface area contributed by atoms with Gasteiger partial charge in [-0.3, -0.25) is 4.79 Å². The number of benzene rings is 2. The van der Waals surface area contributed by atoms with Crippen LogP contribution in [-0.4, -0.2) is 31.1 Å². The van der Waals surface area contributed by atoms with Crippen LogP contribution >= 0.6 is 0 Å². The molecule has 0 aliphatic rings. The van der Waals surface area contributed by atoms with Crippen molar-refractivity contribution in [1.29, 1.82) is 0 Å². The van der Waals surface area contributed by atoms with Crippen molar-refractivity contribution < 1.29 is 9.53 Å². The van der Waals surface area contributed by atoms with Crippen LogP contribution in [-0.2, 0) is 0 Å². The first-order chi connectivity index (χ1) is 14.1. The molecule has 0 saturated carbocycles. The minimum Gasteiger partial charge on any atom is -0.497 e. The predicted molar refractivity (Wildman–Crippen MR) is 118 cm³/mol. The van der Waals surface area contributed by atoms with E-state index in [9.17, 15) is 4.79 Å². The molecule has 0 radical (unpaired) electrons. The van der Waals surface area contributed by atoms with Crippen molar-refractivity contribution in [2.45, 2.75) is 13.8 Å². The van der Waals surface area contributed by atoms with Gasteiger partial charge in [-0.05, 0) is 74.5 Å². The van der Waals surface area contributed by atoms with Gasteiger partial charge in [0.1, 0.15) is 11.6 Å². The Kier molecular flexibility index (Phi) is 6.68. The van der Waals surface area contributed by atoms with Gasteiger partial charge in [0.2, 0.25) is 0 Å². The van der Waals surface area contributed by atoms with Crippen molar-refractivity contribution in [2.75, 3.05) is 35.7 Å². The molecule has 29 heavy (non-hydrogen) atoms.